The molecule has 0 atom stereocenters. The van der Waals surface area contributed by atoms with E-state index in [1.807, 2.05) is 0 Å². The van der Waals surface area contributed by atoms with Gasteiger partial charge in [-0.3, -0.25) is 0 Å². The summed E-state index contributed by atoms with van der Waals surface area (Å²) in [6, 6.07) is 1.18. The number of nitrogen functional groups attached to an aromatic ring is 1. The molecule has 13 heavy (non-hydrogen) atoms. The molecule has 0 radical (unpaired) electrons. The minimum atomic E-state index is -0.471. The van der Waals surface area contributed by atoms with Gasteiger partial charge in [0.25, 0.3) is 0 Å². The standard InChI is InChI=1S/C7H6FN5/c8-5-3-6(9)7(10-4-5)13-2-1-11-12-13/h1-4H,9H2. The molecule has 5 nitrogen and oxygen atoms in total. The van der Waals surface area contributed by atoms with E-state index in [-0.39, 0.29) is 5.69 Å². The normalized spacial score (nSPS) is 10.2. The van der Waals surface area contributed by atoms with Crippen LogP contribution in [0.4, 0.5) is 10.1 Å². The molecule has 2 rings (SSSR count). The SMILES string of the molecule is Nc1cc(F)cnc1-n1ccnn1. The Bertz CT molecular complexity index is 411. The number of nitrogens with two attached hydrogens (primary N) is 1. The Morgan fingerprint density at radius 1 is 1.46 bits per heavy atom. The van der Waals surface area contributed by atoms with Crippen molar-refractivity contribution < 1.29 is 4.39 Å². The zero-order chi connectivity index (χ0) is 9.26. The molecule has 6 heteroatoms. The van der Waals surface area contributed by atoms with E-state index in [1.165, 1.54) is 16.9 Å². The molecule has 0 aliphatic carbocycles. The fourth-order valence-corrected chi connectivity index (χ4v) is 0.960. The van der Waals surface area contributed by atoms with Crippen LogP contribution < -0.4 is 5.73 Å². The fourth-order valence-electron chi connectivity index (χ4n) is 0.960. The van der Waals surface area contributed by atoms with Crippen molar-refractivity contribution in [1.82, 2.24) is 20.0 Å². The van der Waals surface area contributed by atoms with Crippen LogP contribution in [0.25, 0.3) is 5.82 Å². The maximum Gasteiger partial charge on any atom is 0.178 e. The molecular weight excluding hydrogens is 173 g/mol. The van der Waals surface area contributed by atoms with Crippen LogP contribution in [0, 0.1) is 5.82 Å². The molecule has 0 amide bonds. The summed E-state index contributed by atoms with van der Waals surface area (Å²) in [7, 11) is 0. The topological polar surface area (TPSA) is 69.6 Å². The maximum absolute atomic E-state index is 12.6. The van der Waals surface area contributed by atoms with E-state index in [9.17, 15) is 4.39 Å². The summed E-state index contributed by atoms with van der Waals surface area (Å²) in [5.74, 6) is -0.0970. The van der Waals surface area contributed by atoms with Crippen LogP contribution in [0.15, 0.2) is 24.7 Å². The average molecular weight is 179 g/mol. The minimum absolute atomic E-state index is 0.227. The van der Waals surface area contributed by atoms with Crippen molar-refractivity contribution in [2.75, 3.05) is 5.73 Å². The predicted molar refractivity (Wildman–Crippen MR) is 43.5 cm³/mol. The molecule has 2 heterocycles. The monoisotopic (exact) mass is 179 g/mol. The second-order valence-electron chi connectivity index (χ2n) is 2.41. The van der Waals surface area contributed by atoms with Crippen molar-refractivity contribution in [3.63, 3.8) is 0 Å². The van der Waals surface area contributed by atoms with E-state index < -0.39 is 5.82 Å². The Hall–Kier alpha value is -1.98. The van der Waals surface area contributed by atoms with E-state index in [0.29, 0.717) is 5.82 Å². The van der Waals surface area contributed by atoms with Crippen LogP contribution in [0.2, 0.25) is 0 Å². The van der Waals surface area contributed by atoms with E-state index in [1.54, 1.807) is 6.20 Å². The first kappa shape index (κ1) is 7.66. The molecule has 0 saturated carbocycles. The molecule has 0 aliphatic rings. The molecule has 0 aromatic carbocycles. The van der Waals surface area contributed by atoms with Crippen molar-refractivity contribution in [1.29, 1.82) is 0 Å². The minimum Gasteiger partial charge on any atom is -0.396 e. The first-order valence-electron chi connectivity index (χ1n) is 3.55. The van der Waals surface area contributed by atoms with E-state index in [2.05, 4.69) is 15.3 Å². The summed E-state index contributed by atoms with van der Waals surface area (Å²) in [4.78, 5) is 3.78. The Balaban J connectivity index is 2.53. The van der Waals surface area contributed by atoms with Gasteiger partial charge in [0, 0.05) is 6.07 Å². The Labute approximate surface area is 73.0 Å². The number of hydrogen-bond donors (Lipinski definition) is 1. The van der Waals surface area contributed by atoms with Crippen molar-refractivity contribution in [3.05, 3.63) is 30.5 Å². The van der Waals surface area contributed by atoms with Crippen LogP contribution in [0.3, 0.4) is 0 Å². The zero-order valence-electron chi connectivity index (χ0n) is 6.55. The van der Waals surface area contributed by atoms with Crippen molar-refractivity contribution >= 4 is 5.69 Å². The second kappa shape index (κ2) is 2.81. The molecule has 0 saturated heterocycles. The van der Waals surface area contributed by atoms with Crippen LogP contribution in [-0.4, -0.2) is 20.0 Å². The van der Waals surface area contributed by atoms with E-state index >= 15 is 0 Å². The van der Waals surface area contributed by atoms with Crippen LogP contribution in [0.5, 0.6) is 0 Å². The van der Waals surface area contributed by atoms with Gasteiger partial charge >= 0.3 is 0 Å². The highest BCUT2D eigenvalue weighted by atomic mass is 19.1. The second-order valence-corrected chi connectivity index (χ2v) is 2.41. The molecule has 66 valence electrons. The third kappa shape index (κ3) is 1.33. The Kier molecular flexibility index (Phi) is 1.66. The lowest BCUT2D eigenvalue weighted by atomic mass is 10.4. The van der Waals surface area contributed by atoms with Gasteiger partial charge in [-0.15, -0.1) is 5.10 Å². The Morgan fingerprint density at radius 3 is 2.92 bits per heavy atom. The highest BCUT2D eigenvalue weighted by Crippen LogP contribution is 2.12. The highest BCUT2D eigenvalue weighted by Gasteiger charge is 2.04. The third-order valence-electron chi connectivity index (χ3n) is 1.50. The number of pyridine rings is 1. The summed E-state index contributed by atoms with van der Waals surface area (Å²) in [6.07, 6.45) is 4.15. The molecular formula is C7H6FN5. The molecule has 2 aromatic heterocycles. The first-order valence-corrected chi connectivity index (χ1v) is 3.55. The van der Waals surface area contributed by atoms with Gasteiger partial charge in [-0.2, -0.15) is 0 Å². The van der Waals surface area contributed by atoms with Crippen LogP contribution in [0.1, 0.15) is 0 Å². The number of nitrogens with zero attached hydrogens (tertiary/aromatic N) is 4. The smallest absolute Gasteiger partial charge is 0.178 e. The molecule has 2 aromatic rings. The molecule has 0 bridgehead atoms. The van der Waals surface area contributed by atoms with Gasteiger partial charge in [-0.25, -0.2) is 14.1 Å². The summed E-state index contributed by atoms with van der Waals surface area (Å²) in [5, 5.41) is 7.26. The number of anilines is 1. The maximum atomic E-state index is 12.6. The molecule has 0 spiro atoms. The third-order valence-corrected chi connectivity index (χ3v) is 1.50. The van der Waals surface area contributed by atoms with Gasteiger partial charge in [-0.05, 0) is 0 Å². The predicted octanol–water partition coefficient (Wildman–Crippen LogP) is 0.384. The van der Waals surface area contributed by atoms with Gasteiger partial charge in [0.15, 0.2) is 5.82 Å². The van der Waals surface area contributed by atoms with Gasteiger partial charge in [-0.1, -0.05) is 5.21 Å². The number of aromatic nitrogens is 4. The highest BCUT2D eigenvalue weighted by molar-refractivity contribution is 5.51. The number of hydrogen-bond acceptors (Lipinski definition) is 4. The van der Waals surface area contributed by atoms with Gasteiger partial charge < -0.3 is 5.73 Å². The van der Waals surface area contributed by atoms with E-state index in [0.717, 1.165) is 6.20 Å². The lowest BCUT2D eigenvalue weighted by molar-refractivity contribution is 0.619. The summed E-state index contributed by atoms with van der Waals surface area (Å²) in [5.41, 5.74) is 5.75. The molecule has 2 N–H and O–H groups in total. The quantitative estimate of drug-likeness (QED) is 0.687. The van der Waals surface area contributed by atoms with Crippen molar-refractivity contribution in [2.24, 2.45) is 0 Å². The van der Waals surface area contributed by atoms with Crippen LogP contribution in [-0.2, 0) is 0 Å². The lowest BCUT2D eigenvalue weighted by Crippen LogP contribution is -2.03. The molecule has 0 fully saturated rings. The van der Waals surface area contributed by atoms with E-state index in [4.69, 9.17) is 5.73 Å². The van der Waals surface area contributed by atoms with Crippen molar-refractivity contribution in [2.45, 2.75) is 0 Å². The lowest BCUT2D eigenvalue weighted by Gasteiger charge is -2.01. The van der Waals surface area contributed by atoms with Gasteiger partial charge in [0.05, 0.1) is 24.3 Å². The largest absolute Gasteiger partial charge is 0.396 e. The fraction of sp³-hybridized carbons (Fsp3) is 0. The van der Waals surface area contributed by atoms with Gasteiger partial charge in [0.1, 0.15) is 5.82 Å². The summed E-state index contributed by atoms with van der Waals surface area (Å²) < 4.78 is 14.0. The average Bonchev–Trinajstić information content (AvgIpc) is 2.56. The number of halogens is 1. The molecule has 0 unspecified atom stereocenters. The molecule has 0 aliphatic heterocycles. The van der Waals surface area contributed by atoms with Crippen LogP contribution >= 0.6 is 0 Å². The Morgan fingerprint density at radius 2 is 2.31 bits per heavy atom. The zero-order valence-corrected chi connectivity index (χ0v) is 6.55. The van der Waals surface area contributed by atoms with Gasteiger partial charge in [0.2, 0.25) is 0 Å². The summed E-state index contributed by atoms with van der Waals surface area (Å²) >= 11 is 0. The number of rotatable bonds is 1. The first-order chi connectivity index (χ1) is 6.27. The van der Waals surface area contributed by atoms with Crippen molar-refractivity contribution in [3.8, 4) is 5.82 Å². The summed E-state index contributed by atoms with van der Waals surface area (Å²) in [6.45, 7) is 0.